The number of imidazole rings is 1. The van der Waals surface area contributed by atoms with Crippen LogP contribution in [-0.4, -0.2) is 27.1 Å². The van der Waals surface area contributed by atoms with Gasteiger partial charge < -0.3 is 9.30 Å². The summed E-state index contributed by atoms with van der Waals surface area (Å²) in [5.41, 5.74) is 3.13. The highest BCUT2D eigenvalue weighted by Gasteiger charge is 2.27. The van der Waals surface area contributed by atoms with Crippen molar-refractivity contribution in [2.75, 3.05) is 6.54 Å². The van der Waals surface area contributed by atoms with Gasteiger partial charge in [0.2, 0.25) is 0 Å². The summed E-state index contributed by atoms with van der Waals surface area (Å²) in [5, 5.41) is 0. The molecule has 25 heavy (non-hydrogen) atoms. The van der Waals surface area contributed by atoms with E-state index < -0.39 is 0 Å². The molecule has 3 rings (SSSR count). The monoisotopic (exact) mass is 361 g/mol. The van der Waals surface area contributed by atoms with Crippen molar-refractivity contribution in [2.45, 2.75) is 51.8 Å². The van der Waals surface area contributed by atoms with Crippen LogP contribution in [0.5, 0.6) is 0 Å². The second-order valence-corrected chi connectivity index (χ2v) is 6.68. The van der Waals surface area contributed by atoms with Crippen molar-refractivity contribution in [1.29, 1.82) is 0 Å². The summed E-state index contributed by atoms with van der Waals surface area (Å²) < 4.78 is 7.60. The van der Waals surface area contributed by atoms with E-state index >= 15 is 0 Å². The Hall–Kier alpha value is -2.01. The van der Waals surface area contributed by atoms with Crippen molar-refractivity contribution in [3.63, 3.8) is 0 Å². The lowest BCUT2D eigenvalue weighted by atomic mass is 10.0. The van der Waals surface area contributed by atoms with Crippen LogP contribution in [0.15, 0.2) is 30.3 Å². The van der Waals surface area contributed by atoms with E-state index in [9.17, 15) is 4.79 Å². The Morgan fingerprint density at radius 1 is 1.32 bits per heavy atom. The van der Waals surface area contributed by atoms with Gasteiger partial charge in [0.05, 0.1) is 23.8 Å². The summed E-state index contributed by atoms with van der Waals surface area (Å²) in [4.78, 5) is 18.9. The second-order valence-electron chi connectivity index (χ2n) is 6.42. The molecule has 0 N–H and O–H groups in total. The SMILES string of the molecule is CCC(C)c1nc2n(c1CCl)CCN(C(=O)OCc1ccccc1)C2. The van der Waals surface area contributed by atoms with Crippen LogP contribution in [0.25, 0.3) is 0 Å². The quantitative estimate of drug-likeness (QED) is 0.746. The van der Waals surface area contributed by atoms with E-state index in [0.717, 1.165) is 29.2 Å². The molecule has 1 atom stereocenters. The van der Waals surface area contributed by atoms with Crippen molar-refractivity contribution in [3.8, 4) is 0 Å². The van der Waals surface area contributed by atoms with E-state index in [1.54, 1.807) is 4.90 Å². The topological polar surface area (TPSA) is 47.4 Å². The highest BCUT2D eigenvalue weighted by atomic mass is 35.5. The van der Waals surface area contributed by atoms with Gasteiger partial charge in [-0.1, -0.05) is 44.2 Å². The summed E-state index contributed by atoms with van der Waals surface area (Å²) >= 11 is 6.16. The minimum atomic E-state index is -0.296. The zero-order valence-corrected chi connectivity index (χ0v) is 15.5. The molecular weight excluding hydrogens is 338 g/mol. The van der Waals surface area contributed by atoms with E-state index in [0.29, 0.717) is 31.4 Å². The summed E-state index contributed by atoms with van der Waals surface area (Å²) in [5.74, 6) is 1.71. The first-order chi connectivity index (χ1) is 12.1. The molecule has 0 spiro atoms. The van der Waals surface area contributed by atoms with Gasteiger partial charge in [0.25, 0.3) is 0 Å². The minimum absolute atomic E-state index is 0.287. The Bertz CT molecular complexity index is 730. The highest BCUT2D eigenvalue weighted by Crippen LogP contribution is 2.27. The number of hydrogen-bond donors (Lipinski definition) is 0. The van der Waals surface area contributed by atoms with Gasteiger partial charge in [-0.25, -0.2) is 9.78 Å². The Labute approximate surface area is 153 Å². The lowest BCUT2D eigenvalue weighted by Crippen LogP contribution is -2.39. The Kier molecular flexibility index (Phi) is 5.63. The number of halogens is 1. The van der Waals surface area contributed by atoms with E-state index in [4.69, 9.17) is 21.3 Å². The van der Waals surface area contributed by atoms with Crippen LogP contribution in [0, 0.1) is 0 Å². The van der Waals surface area contributed by atoms with Crippen molar-refractivity contribution in [3.05, 3.63) is 53.1 Å². The maximum absolute atomic E-state index is 12.4. The maximum Gasteiger partial charge on any atom is 0.410 e. The number of hydrogen-bond acceptors (Lipinski definition) is 3. The molecule has 1 unspecified atom stereocenters. The molecule has 1 aromatic carbocycles. The molecule has 1 aromatic heterocycles. The largest absolute Gasteiger partial charge is 0.445 e. The van der Waals surface area contributed by atoms with Gasteiger partial charge >= 0.3 is 6.09 Å². The predicted octanol–water partition coefficient (Wildman–Crippen LogP) is 4.29. The van der Waals surface area contributed by atoms with Gasteiger partial charge in [0.1, 0.15) is 12.4 Å². The molecule has 134 valence electrons. The average Bonchev–Trinajstić information content (AvgIpc) is 3.04. The van der Waals surface area contributed by atoms with Crippen molar-refractivity contribution >= 4 is 17.7 Å². The van der Waals surface area contributed by atoms with E-state index in [-0.39, 0.29) is 12.7 Å². The van der Waals surface area contributed by atoms with Crippen LogP contribution >= 0.6 is 11.6 Å². The third kappa shape index (κ3) is 3.82. The van der Waals surface area contributed by atoms with Gasteiger partial charge in [-0.2, -0.15) is 0 Å². The number of carbonyl (C=O) groups is 1. The van der Waals surface area contributed by atoms with E-state index in [1.165, 1.54) is 0 Å². The van der Waals surface area contributed by atoms with Crippen LogP contribution in [0.2, 0.25) is 0 Å². The average molecular weight is 362 g/mol. The minimum Gasteiger partial charge on any atom is -0.445 e. The van der Waals surface area contributed by atoms with Crippen LogP contribution in [-0.2, 0) is 30.3 Å². The third-order valence-corrected chi connectivity index (χ3v) is 5.03. The van der Waals surface area contributed by atoms with Gasteiger partial charge in [0.15, 0.2) is 0 Å². The molecule has 0 fully saturated rings. The molecule has 1 aliphatic rings. The Morgan fingerprint density at radius 2 is 2.08 bits per heavy atom. The number of carbonyl (C=O) groups excluding carboxylic acids is 1. The normalized spacial score (nSPS) is 14.9. The van der Waals surface area contributed by atoms with Crippen molar-refractivity contribution in [1.82, 2.24) is 14.5 Å². The number of ether oxygens (including phenoxy) is 1. The molecule has 0 saturated carbocycles. The zero-order chi connectivity index (χ0) is 17.8. The van der Waals surface area contributed by atoms with E-state index in [1.807, 2.05) is 30.3 Å². The van der Waals surface area contributed by atoms with Gasteiger partial charge in [-0.3, -0.25) is 4.90 Å². The second kappa shape index (κ2) is 7.91. The fourth-order valence-electron chi connectivity index (χ4n) is 3.11. The lowest BCUT2D eigenvalue weighted by molar-refractivity contribution is 0.0860. The van der Waals surface area contributed by atoms with Crippen LogP contribution < -0.4 is 0 Å². The summed E-state index contributed by atoms with van der Waals surface area (Å²) in [6.45, 7) is 6.39. The lowest BCUT2D eigenvalue weighted by Gasteiger charge is -2.27. The van der Waals surface area contributed by atoms with Crippen LogP contribution in [0.1, 0.15) is 49.0 Å². The van der Waals surface area contributed by atoms with Crippen LogP contribution in [0.3, 0.4) is 0 Å². The number of nitrogens with zero attached hydrogens (tertiary/aromatic N) is 3. The molecule has 6 heteroatoms. The first-order valence-corrected chi connectivity index (χ1v) is 9.27. The Morgan fingerprint density at radius 3 is 2.76 bits per heavy atom. The first kappa shape index (κ1) is 17.8. The maximum atomic E-state index is 12.4. The Balaban J connectivity index is 1.68. The third-order valence-electron chi connectivity index (χ3n) is 4.78. The number of amides is 1. The van der Waals surface area contributed by atoms with Gasteiger partial charge in [-0.05, 0) is 17.9 Å². The van der Waals surface area contributed by atoms with Crippen molar-refractivity contribution < 1.29 is 9.53 Å². The highest BCUT2D eigenvalue weighted by molar-refractivity contribution is 6.17. The smallest absolute Gasteiger partial charge is 0.410 e. The number of fused-ring (bicyclic) bond motifs is 1. The zero-order valence-electron chi connectivity index (χ0n) is 14.7. The molecule has 0 aliphatic carbocycles. The summed E-state index contributed by atoms with van der Waals surface area (Å²) in [6.07, 6.45) is 0.721. The summed E-state index contributed by atoms with van der Waals surface area (Å²) in [6, 6.07) is 9.71. The molecule has 5 nitrogen and oxygen atoms in total. The fourth-order valence-corrected chi connectivity index (χ4v) is 3.39. The van der Waals surface area contributed by atoms with Crippen LogP contribution in [0.4, 0.5) is 4.79 Å². The molecule has 0 bridgehead atoms. The van der Waals surface area contributed by atoms with Gasteiger partial charge in [-0.15, -0.1) is 11.6 Å². The first-order valence-electron chi connectivity index (χ1n) is 8.73. The molecular formula is C19H24ClN3O2. The standard InChI is InChI=1S/C19H24ClN3O2/c1-3-14(2)18-16(11-20)23-10-9-22(12-17(23)21-18)19(24)25-13-15-7-5-4-6-8-15/h4-8,14H,3,9-13H2,1-2H3. The number of aromatic nitrogens is 2. The summed E-state index contributed by atoms with van der Waals surface area (Å²) in [7, 11) is 0. The van der Waals surface area contributed by atoms with Crippen molar-refractivity contribution in [2.24, 2.45) is 0 Å². The predicted molar refractivity (Wildman–Crippen MR) is 97.5 cm³/mol. The molecule has 0 radical (unpaired) electrons. The van der Waals surface area contributed by atoms with E-state index in [2.05, 4.69) is 18.4 Å². The number of alkyl halides is 1. The molecule has 2 aromatic rings. The molecule has 2 heterocycles. The number of benzene rings is 1. The number of rotatable bonds is 5. The van der Waals surface area contributed by atoms with Gasteiger partial charge in [0, 0.05) is 13.1 Å². The molecule has 1 aliphatic heterocycles. The molecule has 1 amide bonds. The molecule has 0 saturated heterocycles. The fraction of sp³-hybridized carbons (Fsp3) is 0.474.